The van der Waals surface area contributed by atoms with E-state index >= 15 is 0 Å². The lowest BCUT2D eigenvalue weighted by Crippen LogP contribution is -2.20. The third kappa shape index (κ3) is 4.73. The summed E-state index contributed by atoms with van der Waals surface area (Å²) in [6, 6.07) is 48.5. The van der Waals surface area contributed by atoms with Gasteiger partial charge in [0.05, 0.1) is 16.7 Å². The fourth-order valence-electron chi connectivity index (χ4n) is 5.89. The van der Waals surface area contributed by atoms with Crippen molar-refractivity contribution in [2.75, 3.05) is 5.32 Å². The van der Waals surface area contributed by atoms with Crippen LogP contribution in [-0.4, -0.2) is 19.9 Å². The number of hydrogen-bond donors (Lipinski definition) is 5. The van der Waals surface area contributed by atoms with Crippen LogP contribution < -0.4 is 26.7 Å². The average molecular weight is 556 g/mol. The Balaban J connectivity index is 1.46. The molecule has 0 radical (unpaired) electrons. The Morgan fingerprint density at radius 1 is 0.395 bits per heavy atom. The van der Waals surface area contributed by atoms with E-state index in [1.165, 1.54) is 0 Å². The van der Waals surface area contributed by atoms with Gasteiger partial charge in [0, 0.05) is 50.0 Å². The summed E-state index contributed by atoms with van der Waals surface area (Å²) in [5.74, 6) is 0. The van der Waals surface area contributed by atoms with Gasteiger partial charge in [0.2, 0.25) is 0 Å². The van der Waals surface area contributed by atoms with E-state index in [0.29, 0.717) is 0 Å². The van der Waals surface area contributed by atoms with Gasteiger partial charge >= 0.3 is 0 Å². The molecule has 8 rings (SSSR count). The molecule has 7 aromatic rings. The second-order valence-corrected chi connectivity index (χ2v) is 10.7. The largest absolute Gasteiger partial charge is 0.355 e. The third-order valence-electron chi connectivity index (χ3n) is 7.88. The Bertz CT molecular complexity index is 2300. The smallest absolute Gasteiger partial charge is 0.0862 e. The summed E-state index contributed by atoms with van der Waals surface area (Å²) in [5, 5.41) is 7.77. The molecule has 1 aliphatic heterocycles. The number of rotatable bonds is 4. The highest BCUT2D eigenvalue weighted by atomic mass is 14.9. The maximum absolute atomic E-state index is 3.76. The number of aromatic amines is 4. The summed E-state index contributed by atoms with van der Waals surface area (Å²) < 4.78 is 0. The van der Waals surface area contributed by atoms with Gasteiger partial charge in [0.15, 0.2) is 0 Å². The minimum Gasteiger partial charge on any atom is -0.355 e. The molecule has 8 bridgehead atoms. The number of nitrogens with one attached hydrogen (secondary N) is 5. The van der Waals surface area contributed by atoms with E-state index in [2.05, 4.69) is 153 Å². The van der Waals surface area contributed by atoms with Crippen molar-refractivity contribution in [2.45, 2.75) is 0 Å². The number of anilines is 1. The molecule has 0 unspecified atom stereocenters. The van der Waals surface area contributed by atoms with E-state index in [4.69, 9.17) is 0 Å². The first kappa shape index (κ1) is 24.8. The van der Waals surface area contributed by atoms with Crippen LogP contribution in [-0.2, 0) is 0 Å². The van der Waals surface area contributed by atoms with E-state index in [-0.39, 0.29) is 0 Å². The molecule has 4 aromatic heterocycles. The molecular weight excluding hydrogens is 526 g/mol. The Morgan fingerprint density at radius 3 is 1.67 bits per heavy atom. The Morgan fingerprint density at radius 2 is 0.953 bits per heavy atom. The SMILES string of the molecule is C1=c2ccc([nH]2)=C(c2ccccc2)c2ccc([nH]2)C(Nc2ccccc2)=c2ccc([nH]2)=C(c2ccccc2)c2ccc1[nH]2. The normalized spacial score (nSPS) is 12.7. The predicted molar refractivity (Wildman–Crippen MR) is 174 cm³/mol. The molecular formula is C38H29N5. The predicted octanol–water partition coefficient (Wildman–Crippen LogP) is 4.90. The Hall–Kier alpha value is -5.94. The van der Waals surface area contributed by atoms with Crippen LogP contribution in [0.15, 0.2) is 140 Å². The number of hydrogen-bond acceptors (Lipinski definition) is 1. The van der Waals surface area contributed by atoms with Crippen molar-refractivity contribution in [1.82, 2.24) is 19.9 Å². The molecule has 5 nitrogen and oxygen atoms in total. The van der Waals surface area contributed by atoms with Crippen molar-refractivity contribution in [3.63, 3.8) is 0 Å². The second-order valence-electron chi connectivity index (χ2n) is 10.7. The van der Waals surface area contributed by atoms with Crippen LogP contribution in [0.3, 0.4) is 0 Å². The first-order valence-corrected chi connectivity index (χ1v) is 14.5. The number of para-hydroxylation sites is 1. The third-order valence-corrected chi connectivity index (χ3v) is 7.88. The van der Waals surface area contributed by atoms with Gasteiger partial charge in [-0.2, -0.15) is 0 Å². The molecule has 1 aliphatic rings. The summed E-state index contributed by atoms with van der Waals surface area (Å²) in [6.45, 7) is 0. The van der Waals surface area contributed by atoms with Crippen LogP contribution in [0.1, 0.15) is 33.9 Å². The molecule has 5 heteroatoms. The van der Waals surface area contributed by atoms with E-state index < -0.39 is 0 Å². The van der Waals surface area contributed by atoms with E-state index in [1.807, 2.05) is 18.2 Å². The van der Waals surface area contributed by atoms with Crippen molar-refractivity contribution in [2.24, 2.45) is 0 Å². The Kier molecular flexibility index (Phi) is 6.05. The van der Waals surface area contributed by atoms with Gasteiger partial charge in [-0.15, -0.1) is 0 Å². The summed E-state index contributed by atoms with van der Waals surface area (Å²) in [6.07, 6.45) is 2.15. The highest BCUT2D eigenvalue weighted by molar-refractivity contribution is 5.81. The molecule has 5 N–H and O–H groups in total. The zero-order chi connectivity index (χ0) is 28.6. The standard InChI is InChI=1S/C38H29N5/c1-4-10-25(11-5-1)36-30-18-16-28(39-30)24-29-17-19-31(40-29)37(26-12-6-2-7-13-26)33-21-23-35(43-33)38(34-22-20-32(36)42-34)41-27-14-8-3-9-15-27/h1-24,39-43H. The van der Waals surface area contributed by atoms with Gasteiger partial charge < -0.3 is 25.3 Å². The zero-order valence-electron chi connectivity index (χ0n) is 23.4. The van der Waals surface area contributed by atoms with Crippen LogP contribution >= 0.6 is 0 Å². The zero-order valence-corrected chi connectivity index (χ0v) is 23.4. The molecule has 0 saturated heterocycles. The molecule has 206 valence electrons. The first-order valence-electron chi connectivity index (χ1n) is 14.5. The van der Waals surface area contributed by atoms with E-state index in [0.717, 1.165) is 77.8 Å². The van der Waals surface area contributed by atoms with Crippen LogP contribution in [0.5, 0.6) is 0 Å². The molecule has 0 spiro atoms. The van der Waals surface area contributed by atoms with Crippen molar-refractivity contribution in [1.29, 1.82) is 0 Å². The van der Waals surface area contributed by atoms with Crippen LogP contribution in [0.2, 0.25) is 0 Å². The lowest BCUT2D eigenvalue weighted by molar-refractivity contribution is 1.19. The molecule has 43 heavy (non-hydrogen) atoms. The highest BCUT2D eigenvalue weighted by Gasteiger charge is 2.15. The second kappa shape index (κ2) is 10.5. The minimum atomic E-state index is 0.961. The van der Waals surface area contributed by atoms with Gasteiger partial charge in [-0.1, -0.05) is 78.9 Å². The number of aromatic nitrogens is 4. The molecule has 0 fully saturated rings. The van der Waals surface area contributed by atoms with Gasteiger partial charge in [0.25, 0.3) is 0 Å². The average Bonchev–Trinajstić information content (AvgIpc) is 3.88. The molecule has 0 atom stereocenters. The van der Waals surface area contributed by atoms with E-state index in [9.17, 15) is 0 Å². The summed E-state index contributed by atoms with van der Waals surface area (Å²) in [7, 11) is 0. The first-order chi connectivity index (χ1) is 21.3. The molecule has 0 aliphatic carbocycles. The molecule has 0 saturated carbocycles. The topological polar surface area (TPSA) is 75.2 Å². The van der Waals surface area contributed by atoms with Gasteiger partial charge in [-0.25, -0.2) is 0 Å². The number of benzene rings is 3. The van der Waals surface area contributed by atoms with Gasteiger partial charge in [-0.3, -0.25) is 0 Å². The molecule has 0 amide bonds. The van der Waals surface area contributed by atoms with Crippen molar-refractivity contribution in [3.05, 3.63) is 195 Å². The maximum Gasteiger partial charge on any atom is 0.0862 e. The van der Waals surface area contributed by atoms with Crippen molar-refractivity contribution < 1.29 is 0 Å². The molecule has 5 heterocycles. The van der Waals surface area contributed by atoms with Crippen molar-refractivity contribution >= 4 is 28.6 Å². The van der Waals surface area contributed by atoms with Crippen LogP contribution in [0, 0.1) is 0 Å². The van der Waals surface area contributed by atoms with Crippen LogP contribution in [0.4, 0.5) is 5.69 Å². The summed E-state index contributed by atoms with van der Waals surface area (Å²) in [5.41, 5.74) is 10.5. The Labute approximate surface area is 248 Å². The lowest BCUT2D eigenvalue weighted by atomic mass is 10.0. The summed E-state index contributed by atoms with van der Waals surface area (Å²) >= 11 is 0. The van der Waals surface area contributed by atoms with Crippen molar-refractivity contribution in [3.8, 4) is 0 Å². The quantitative estimate of drug-likeness (QED) is 0.211. The van der Waals surface area contributed by atoms with Gasteiger partial charge in [-0.05, 0) is 77.9 Å². The number of fused-ring (bicyclic) bond motifs is 8. The minimum absolute atomic E-state index is 0.961. The summed E-state index contributed by atoms with van der Waals surface area (Å²) in [4.78, 5) is 14.8. The number of H-pyrrole nitrogens is 4. The lowest BCUT2D eigenvalue weighted by Gasteiger charge is -2.10. The fraction of sp³-hybridized carbons (Fsp3) is 0. The maximum atomic E-state index is 3.76. The highest BCUT2D eigenvalue weighted by Crippen LogP contribution is 2.24. The molecule has 3 aromatic carbocycles. The van der Waals surface area contributed by atoms with Crippen LogP contribution in [0.25, 0.3) is 22.9 Å². The fourth-order valence-corrected chi connectivity index (χ4v) is 5.89. The van der Waals surface area contributed by atoms with E-state index in [1.54, 1.807) is 0 Å². The monoisotopic (exact) mass is 555 g/mol. The van der Waals surface area contributed by atoms with Gasteiger partial charge in [0.1, 0.15) is 0 Å².